The van der Waals surface area contributed by atoms with Crippen molar-refractivity contribution in [1.29, 1.82) is 0 Å². The van der Waals surface area contributed by atoms with Gasteiger partial charge in [-0.2, -0.15) is 0 Å². The first-order valence-electron chi connectivity index (χ1n) is 7.55. The Morgan fingerprint density at radius 3 is 2.23 bits per heavy atom. The zero-order valence-corrected chi connectivity index (χ0v) is 13.1. The van der Waals surface area contributed by atoms with Crippen LogP contribution in [0.15, 0.2) is 54.6 Å². The second-order valence-corrected chi connectivity index (χ2v) is 5.95. The van der Waals surface area contributed by atoms with E-state index in [4.69, 9.17) is 9.47 Å². The van der Waals surface area contributed by atoms with Crippen LogP contribution in [-0.4, -0.2) is 18.2 Å². The number of benzene rings is 2. The summed E-state index contributed by atoms with van der Waals surface area (Å²) in [7, 11) is 0. The maximum Gasteiger partial charge on any atom is 0.339 e. The molecular weight excluding hydrogens is 276 g/mol. The molecule has 1 aliphatic heterocycles. The molecule has 0 bridgehead atoms. The lowest BCUT2D eigenvalue weighted by atomic mass is 9.87. The third-order valence-corrected chi connectivity index (χ3v) is 3.86. The summed E-state index contributed by atoms with van der Waals surface area (Å²) in [5.74, 6) is -0.306. The van der Waals surface area contributed by atoms with Crippen LogP contribution < -0.4 is 0 Å². The molecule has 0 amide bonds. The minimum atomic E-state index is -0.721. The molecule has 22 heavy (non-hydrogen) atoms. The standard InChI is InChI=1S/C19H20O3/c1-13(2)21-18(20)17-19(22-17,15-7-5-4-6-8-15)16-11-9-14(3)10-12-16/h4-13,17H,1-3H3. The molecule has 0 aromatic heterocycles. The van der Waals surface area contributed by atoms with E-state index in [1.54, 1.807) is 0 Å². The van der Waals surface area contributed by atoms with Crippen LogP contribution in [0.25, 0.3) is 0 Å². The van der Waals surface area contributed by atoms with Crippen molar-refractivity contribution in [3.05, 3.63) is 71.3 Å². The van der Waals surface area contributed by atoms with Crippen LogP contribution in [0.3, 0.4) is 0 Å². The third kappa shape index (κ3) is 2.53. The first kappa shape index (κ1) is 14.8. The van der Waals surface area contributed by atoms with Gasteiger partial charge in [-0.3, -0.25) is 0 Å². The van der Waals surface area contributed by atoms with Gasteiger partial charge in [-0.25, -0.2) is 4.79 Å². The molecular formula is C19H20O3. The van der Waals surface area contributed by atoms with Crippen molar-refractivity contribution in [2.75, 3.05) is 0 Å². The third-order valence-electron chi connectivity index (χ3n) is 3.86. The summed E-state index contributed by atoms with van der Waals surface area (Å²) in [6, 6.07) is 18.0. The van der Waals surface area contributed by atoms with Crippen molar-refractivity contribution >= 4 is 5.97 Å². The van der Waals surface area contributed by atoms with Crippen LogP contribution in [0.2, 0.25) is 0 Å². The molecule has 2 atom stereocenters. The highest BCUT2D eigenvalue weighted by Gasteiger charge is 2.64. The van der Waals surface area contributed by atoms with Crippen molar-refractivity contribution in [2.24, 2.45) is 0 Å². The second kappa shape index (κ2) is 5.58. The number of epoxide rings is 1. The van der Waals surface area contributed by atoms with E-state index in [0.29, 0.717) is 0 Å². The van der Waals surface area contributed by atoms with Gasteiger partial charge in [0.1, 0.15) is 0 Å². The molecule has 1 saturated heterocycles. The van der Waals surface area contributed by atoms with Crippen molar-refractivity contribution < 1.29 is 14.3 Å². The molecule has 1 heterocycles. The summed E-state index contributed by atoms with van der Waals surface area (Å²) in [6.45, 7) is 5.73. The number of aryl methyl sites for hydroxylation is 1. The van der Waals surface area contributed by atoms with Gasteiger partial charge in [0.15, 0.2) is 11.7 Å². The topological polar surface area (TPSA) is 38.8 Å². The summed E-state index contributed by atoms with van der Waals surface area (Å²) in [6.07, 6.45) is -0.733. The summed E-state index contributed by atoms with van der Waals surface area (Å²) in [4.78, 5) is 12.3. The molecule has 1 fully saturated rings. The fraction of sp³-hybridized carbons (Fsp3) is 0.316. The molecule has 3 rings (SSSR count). The Kier molecular flexibility index (Phi) is 3.75. The lowest BCUT2D eigenvalue weighted by molar-refractivity contribution is -0.148. The lowest BCUT2D eigenvalue weighted by Crippen LogP contribution is -2.24. The highest BCUT2D eigenvalue weighted by Crippen LogP contribution is 2.52. The van der Waals surface area contributed by atoms with E-state index in [-0.39, 0.29) is 12.1 Å². The fourth-order valence-corrected chi connectivity index (χ4v) is 2.75. The van der Waals surface area contributed by atoms with Crippen LogP contribution >= 0.6 is 0 Å². The van der Waals surface area contributed by atoms with Crippen LogP contribution in [0, 0.1) is 6.92 Å². The van der Waals surface area contributed by atoms with E-state index < -0.39 is 11.7 Å². The Hall–Kier alpha value is -2.13. The molecule has 3 heteroatoms. The van der Waals surface area contributed by atoms with Crippen molar-refractivity contribution in [1.82, 2.24) is 0 Å². The summed E-state index contributed by atoms with van der Waals surface area (Å²) >= 11 is 0. The highest BCUT2D eigenvalue weighted by molar-refractivity contribution is 5.81. The average molecular weight is 296 g/mol. The predicted octanol–water partition coefficient (Wildman–Crippen LogP) is 3.59. The number of esters is 1. The Labute approximate surface area is 130 Å². The number of carbonyl (C=O) groups is 1. The fourth-order valence-electron chi connectivity index (χ4n) is 2.75. The molecule has 0 spiro atoms. The van der Waals surface area contributed by atoms with E-state index in [1.165, 1.54) is 5.56 Å². The minimum absolute atomic E-state index is 0.150. The van der Waals surface area contributed by atoms with Gasteiger partial charge >= 0.3 is 5.97 Å². The van der Waals surface area contributed by atoms with E-state index in [0.717, 1.165) is 11.1 Å². The number of hydrogen-bond donors (Lipinski definition) is 0. The molecule has 114 valence electrons. The monoisotopic (exact) mass is 296 g/mol. The molecule has 0 radical (unpaired) electrons. The van der Waals surface area contributed by atoms with E-state index in [9.17, 15) is 4.79 Å². The lowest BCUT2D eigenvalue weighted by Gasteiger charge is -2.15. The van der Waals surface area contributed by atoms with E-state index >= 15 is 0 Å². The minimum Gasteiger partial charge on any atom is -0.461 e. The van der Waals surface area contributed by atoms with Gasteiger partial charge in [0.05, 0.1) is 6.10 Å². The first-order chi connectivity index (χ1) is 10.5. The number of hydrogen-bond acceptors (Lipinski definition) is 3. The van der Waals surface area contributed by atoms with Crippen LogP contribution in [0.1, 0.15) is 30.5 Å². The van der Waals surface area contributed by atoms with Gasteiger partial charge in [0.25, 0.3) is 0 Å². The first-order valence-corrected chi connectivity index (χ1v) is 7.55. The molecule has 0 N–H and O–H groups in total. The van der Waals surface area contributed by atoms with Crippen LogP contribution in [-0.2, 0) is 19.9 Å². The van der Waals surface area contributed by atoms with Gasteiger partial charge in [0, 0.05) is 0 Å². The van der Waals surface area contributed by atoms with Crippen molar-refractivity contribution in [3.63, 3.8) is 0 Å². The van der Waals surface area contributed by atoms with Crippen molar-refractivity contribution in [3.8, 4) is 0 Å². The number of ether oxygens (including phenoxy) is 2. The van der Waals surface area contributed by atoms with Gasteiger partial charge in [-0.15, -0.1) is 0 Å². The number of carbonyl (C=O) groups excluding carboxylic acids is 1. The van der Waals surface area contributed by atoms with Gasteiger partial charge in [-0.1, -0.05) is 60.2 Å². The molecule has 0 aliphatic carbocycles. The van der Waals surface area contributed by atoms with E-state index in [2.05, 4.69) is 0 Å². The van der Waals surface area contributed by atoms with E-state index in [1.807, 2.05) is 75.4 Å². The largest absolute Gasteiger partial charge is 0.461 e. The molecule has 2 unspecified atom stereocenters. The second-order valence-electron chi connectivity index (χ2n) is 5.95. The highest BCUT2D eigenvalue weighted by atomic mass is 16.7. The Morgan fingerprint density at radius 1 is 1.05 bits per heavy atom. The van der Waals surface area contributed by atoms with Gasteiger partial charge in [0.2, 0.25) is 0 Å². The van der Waals surface area contributed by atoms with Crippen molar-refractivity contribution in [2.45, 2.75) is 38.6 Å². The average Bonchev–Trinajstić information content (AvgIpc) is 3.25. The Bertz CT molecular complexity index is 661. The van der Waals surface area contributed by atoms with Crippen LogP contribution in [0.5, 0.6) is 0 Å². The maximum absolute atomic E-state index is 12.3. The summed E-state index contributed by atoms with van der Waals surface area (Å²) in [5, 5.41) is 0. The van der Waals surface area contributed by atoms with Crippen LogP contribution in [0.4, 0.5) is 0 Å². The summed E-state index contributed by atoms with van der Waals surface area (Å²) < 4.78 is 11.2. The molecule has 2 aromatic carbocycles. The quantitative estimate of drug-likeness (QED) is 0.639. The normalized spacial score (nSPS) is 23.4. The van der Waals surface area contributed by atoms with Gasteiger partial charge in [-0.05, 0) is 31.9 Å². The molecule has 2 aromatic rings. The smallest absolute Gasteiger partial charge is 0.339 e. The predicted molar refractivity (Wildman–Crippen MR) is 84.5 cm³/mol. The molecule has 0 saturated carbocycles. The Morgan fingerprint density at radius 2 is 1.64 bits per heavy atom. The molecule has 3 nitrogen and oxygen atoms in total. The SMILES string of the molecule is Cc1ccc(C2(c3ccccc3)OC2C(=O)OC(C)C)cc1. The van der Waals surface area contributed by atoms with Gasteiger partial charge < -0.3 is 9.47 Å². The number of rotatable bonds is 4. The zero-order chi connectivity index (χ0) is 15.7. The zero-order valence-electron chi connectivity index (χ0n) is 13.1. The maximum atomic E-state index is 12.3. The molecule has 1 aliphatic rings. The Balaban J connectivity index is 1.99. The summed E-state index contributed by atoms with van der Waals surface area (Å²) in [5.41, 5.74) is 2.41.